The SMILES string of the molecule is CC/C=C\C/C=C\C/C=C\C/C=C\C/C=C\C/C=C\CCCCCCCCC(=O)OCC(COC(=O)CCCCCCCCCCCCCCC)OC(=O)CCCCCCCCCCCCCCC. The second-order valence-corrected chi connectivity index (χ2v) is 19.5. The fourth-order valence-corrected chi connectivity index (χ4v) is 8.33. The highest BCUT2D eigenvalue weighted by Gasteiger charge is 2.19. The molecule has 0 N–H and O–H groups in total. The van der Waals surface area contributed by atoms with Crippen LogP contribution in [0.3, 0.4) is 0 Å². The number of rotatable bonds is 53. The van der Waals surface area contributed by atoms with Crippen LogP contribution in [-0.2, 0) is 28.6 Å². The highest BCUT2D eigenvalue weighted by Crippen LogP contribution is 2.16. The molecule has 0 amide bonds. The van der Waals surface area contributed by atoms with Crippen LogP contribution in [0, 0.1) is 0 Å². The van der Waals surface area contributed by atoms with Crippen molar-refractivity contribution in [2.75, 3.05) is 13.2 Å². The smallest absolute Gasteiger partial charge is 0.306 e. The molecule has 1 atom stereocenters. The lowest BCUT2D eigenvalue weighted by Gasteiger charge is -2.18. The molecule has 6 heteroatoms. The van der Waals surface area contributed by atoms with Crippen molar-refractivity contribution in [1.29, 1.82) is 0 Å². The van der Waals surface area contributed by atoms with Gasteiger partial charge in [0.25, 0.3) is 0 Å². The maximum absolute atomic E-state index is 12.8. The first-order chi connectivity index (χ1) is 34.0. The van der Waals surface area contributed by atoms with E-state index in [-0.39, 0.29) is 31.1 Å². The second kappa shape index (κ2) is 57.4. The van der Waals surface area contributed by atoms with Gasteiger partial charge >= 0.3 is 17.9 Å². The lowest BCUT2D eigenvalue weighted by atomic mass is 10.0. The molecule has 0 saturated carbocycles. The first-order valence-corrected chi connectivity index (χ1v) is 29.4. The zero-order valence-corrected chi connectivity index (χ0v) is 45.6. The van der Waals surface area contributed by atoms with Crippen molar-refractivity contribution in [2.24, 2.45) is 0 Å². The fourth-order valence-electron chi connectivity index (χ4n) is 8.33. The standard InChI is InChI=1S/C63H110O6/c1-4-7-10-13-16-19-22-25-26-27-28-29-30-31-32-33-34-35-36-39-41-44-47-50-53-56-62(65)68-59-60(69-63(66)57-54-51-48-45-42-38-24-21-18-15-12-9-6-3)58-67-61(64)55-52-49-46-43-40-37-23-20-17-14-11-8-5-2/h7,10,16,19,25-26,28-29,31-32,34-35,60H,4-6,8-9,11-15,17-18,20-24,27,30,33,36-59H2,1-3H3/b10-7-,19-16-,26-25-,29-28-,32-31-,35-34-. The molecule has 69 heavy (non-hydrogen) atoms. The van der Waals surface area contributed by atoms with E-state index in [9.17, 15) is 14.4 Å². The van der Waals surface area contributed by atoms with Crippen LogP contribution in [0.15, 0.2) is 72.9 Å². The van der Waals surface area contributed by atoms with Gasteiger partial charge in [-0.15, -0.1) is 0 Å². The molecule has 0 fully saturated rings. The van der Waals surface area contributed by atoms with E-state index >= 15 is 0 Å². The summed E-state index contributed by atoms with van der Waals surface area (Å²) in [5.74, 6) is -0.879. The van der Waals surface area contributed by atoms with E-state index in [1.165, 1.54) is 148 Å². The van der Waals surface area contributed by atoms with Crippen molar-refractivity contribution < 1.29 is 28.6 Å². The maximum Gasteiger partial charge on any atom is 0.306 e. The predicted octanol–water partition coefficient (Wildman–Crippen LogP) is 19.8. The van der Waals surface area contributed by atoms with Crippen LogP contribution in [0.2, 0.25) is 0 Å². The summed E-state index contributed by atoms with van der Waals surface area (Å²) in [5.41, 5.74) is 0. The van der Waals surface area contributed by atoms with Crippen molar-refractivity contribution in [3.63, 3.8) is 0 Å². The number of carbonyl (C=O) groups excluding carboxylic acids is 3. The van der Waals surface area contributed by atoms with Gasteiger partial charge in [-0.3, -0.25) is 14.4 Å². The summed E-state index contributed by atoms with van der Waals surface area (Å²) in [6.45, 7) is 6.54. The molecule has 398 valence electrons. The van der Waals surface area contributed by atoms with Gasteiger partial charge in [0.05, 0.1) is 0 Å². The summed E-state index contributed by atoms with van der Waals surface area (Å²) in [7, 11) is 0. The quantitative estimate of drug-likeness (QED) is 0.0262. The molecular formula is C63H110O6. The average molecular weight is 964 g/mol. The van der Waals surface area contributed by atoms with Gasteiger partial charge < -0.3 is 14.2 Å². The second-order valence-electron chi connectivity index (χ2n) is 19.5. The third-order valence-electron chi connectivity index (χ3n) is 12.7. The van der Waals surface area contributed by atoms with Gasteiger partial charge in [-0.05, 0) is 70.6 Å². The topological polar surface area (TPSA) is 78.9 Å². The Kier molecular flexibility index (Phi) is 54.8. The molecule has 0 bridgehead atoms. The van der Waals surface area contributed by atoms with Crippen molar-refractivity contribution in [3.8, 4) is 0 Å². The van der Waals surface area contributed by atoms with E-state index in [1.54, 1.807) is 0 Å². The molecule has 6 nitrogen and oxygen atoms in total. The molecule has 0 saturated heterocycles. The monoisotopic (exact) mass is 963 g/mol. The molecule has 0 aromatic heterocycles. The van der Waals surface area contributed by atoms with E-state index in [4.69, 9.17) is 14.2 Å². The number of ether oxygens (including phenoxy) is 3. The molecule has 0 aromatic rings. The number of esters is 3. The molecule has 1 unspecified atom stereocenters. The van der Waals surface area contributed by atoms with Crippen LogP contribution in [0.1, 0.15) is 290 Å². The van der Waals surface area contributed by atoms with E-state index < -0.39 is 6.10 Å². The Morgan fingerprint density at radius 3 is 0.884 bits per heavy atom. The summed E-state index contributed by atoms with van der Waals surface area (Å²) >= 11 is 0. The minimum absolute atomic E-state index is 0.0759. The third-order valence-corrected chi connectivity index (χ3v) is 12.7. The van der Waals surface area contributed by atoms with Crippen molar-refractivity contribution >= 4 is 17.9 Å². The number of carbonyl (C=O) groups is 3. The van der Waals surface area contributed by atoms with Gasteiger partial charge in [0.1, 0.15) is 13.2 Å². The first kappa shape index (κ1) is 65.8. The van der Waals surface area contributed by atoms with Crippen molar-refractivity contribution in [1.82, 2.24) is 0 Å². The summed E-state index contributed by atoms with van der Waals surface area (Å²) in [4.78, 5) is 38.1. The zero-order chi connectivity index (χ0) is 50.0. The molecular weight excluding hydrogens is 853 g/mol. The summed E-state index contributed by atoms with van der Waals surface area (Å²) < 4.78 is 16.9. The van der Waals surface area contributed by atoms with Crippen LogP contribution in [0.4, 0.5) is 0 Å². The van der Waals surface area contributed by atoms with Gasteiger partial charge in [-0.25, -0.2) is 0 Å². The van der Waals surface area contributed by atoms with Crippen LogP contribution >= 0.6 is 0 Å². The normalized spacial score (nSPS) is 12.6. The molecule has 0 heterocycles. The lowest BCUT2D eigenvalue weighted by Crippen LogP contribution is -2.30. The molecule has 0 aliphatic carbocycles. The molecule has 0 radical (unpaired) electrons. The zero-order valence-electron chi connectivity index (χ0n) is 45.6. The van der Waals surface area contributed by atoms with Gasteiger partial charge in [-0.2, -0.15) is 0 Å². The highest BCUT2D eigenvalue weighted by atomic mass is 16.6. The first-order valence-electron chi connectivity index (χ1n) is 29.4. The third kappa shape index (κ3) is 55.6. The van der Waals surface area contributed by atoms with Crippen molar-refractivity contribution in [2.45, 2.75) is 297 Å². The van der Waals surface area contributed by atoms with E-state index in [1.807, 2.05) is 0 Å². The Balaban J connectivity index is 4.31. The Hall–Kier alpha value is -3.15. The Morgan fingerprint density at radius 2 is 0.565 bits per heavy atom. The Labute approximate surface area is 427 Å². The van der Waals surface area contributed by atoms with Crippen molar-refractivity contribution in [3.05, 3.63) is 72.9 Å². The maximum atomic E-state index is 12.8. The Morgan fingerprint density at radius 1 is 0.304 bits per heavy atom. The van der Waals surface area contributed by atoms with Crippen LogP contribution < -0.4 is 0 Å². The van der Waals surface area contributed by atoms with Gasteiger partial charge in [-0.1, -0.05) is 273 Å². The summed E-state index contributed by atoms with van der Waals surface area (Å²) in [6, 6.07) is 0. The van der Waals surface area contributed by atoms with Crippen LogP contribution in [0.25, 0.3) is 0 Å². The van der Waals surface area contributed by atoms with Crippen LogP contribution in [0.5, 0.6) is 0 Å². The predicted molar refractivity (Wildman–Crippen MR) is 298 cm³/mol. The van der Waals surface area contributed by atoms with Gasteiger partial charge in [0, 0.05) is 19.3 Å². The fraction of sp³-hybridized carbons (Fsp3) is 0.762. The number of unbranched alkanes of at least 4 members (excludes halogenated alkanes) is 30. The largest absolute Gasteiger partial charge is 0.462 e. The van der Waals surface area contributed by atoms with Gasteiger partial charge in [0.2, 0.25) is 0 Å². The molecule has 0 rings (SSSR count). The summed E-state index contributed by atoms with van der Waals surface area (Å²) in [5, 5.41) is 0. The number of hydrogen-bond acceptors (Lipinski definition) is 6. The van der Waals surface area contributed by atoms with E-state index in [2.05, 4.69) is 93.7 Å². The minimum Gasteiger partial charge on any atom is -0.462 e. The summed E-state index contributed by atoms with van der Waals surface area (Å²) in [6.07, 6.45) is 73.2. The van der Waals surface area contributed by atoms with Crippen LogP contribution in [-0.4, -0.2) is 37.2 Å². The lowest BCUT2D eigenvalue weighted by molar-refractivity contribution is -0.167. The molecule has 0 aliphatic heterocycles. The molecule has 0 spiro atoms. The number of allylic oxidation sites excluding steroid dienone is 12. The average Bonchev–Trinajstić information content (AvgIpc) is 3.35. The Bertz CT molecular complexity index is 1290. The molecule has 0 aromatic carbocycles. The number of hydrogen-bond donors (Lipinski definition) is 0. The highest BCUT2D eigenvalue weighted by molar-refractivity contribution is 5.71. The van der Waals surface area contributed by atoms with E-state index in [0.29, 0.717) is 19.3 Å². The van der Waals surface area contributed by atoms with Gasteiger partial charge in [0.15, 0.2) is 6.10 Å². The molecule has 0 aliphatic rings. The van der Waals surface area contributed by atoms with E-state index in [0.717, 1.165) is 103 Å². The minimum atomic E-state index is -0.778.